The molecule has 0 saturated carbocycles. The van der Waals surface area contributed by atoms with E-state index in [-0.39, 0.29) is 0 Å². The average molecular weight is 280 g/mol. The highest BCUT2D eigenvalue weighted by Gasteiger charge is 1.98. The van der Waals surface area contributed by atoms with E-state index < -0.39 is 0 Å². The minimum atomic E-state index is 0.948. The van der Waals surface area contributed by atoms with E-state index in [1.54, 1.807) is 18.9 Å². The van der Waals surface area contributed by atoms with E-state index in [1.165, 1.54) is 4.90 Å². The Kier molecular flexibility index (Phi) is 3.51. The summed E-state index contributed by atoms with van der Waals surface area (Å²) < 4.78 is 6.29. The zero-order valence-corrected chi connectivity index (χ0v) is 9.40. The van der Waals surface area contributed by atoms with Gasteiger partial charge in [-0.25, -0.2) is 0 Å². The Morgan fingerprint density at radius 1 is 1.45 bits per heavy atom. The maximum atomic E-state index is 5.13. The fraction of sp³-hybridized carbons (Fsp3) is 0.250. The van der Waals surface area contributed by atoms with Crippen molar-refractivity contribution in [3.8, 4) is 5.75 Å². The summed E-state index contributed by atoms with van der Waals surface area (Å²) in [5, 5.41) is 0. The van der Waals surface area contributed by atoms with E-state index >= 15 is 0 Å². The summed E-state index contributed by atoms with van der Waals surface area (Å²) in [6.07, 6.45) is 2.07. The van der Waals surface area contributed by atoms with E-state index in [1.807, 2.05) is 6.07 Å². The Bertz CT molecular complexity index is 250. The van der Waals surface area contributed by atoms with Crippen molar-refractivity contribution >= 4 is 34.4 Å². The summed E-state index contributed by atoms with van der Waals surface area (Å²) in [7, 11) is 1.69. The van der Waals surface area contributed by atoms with Crippen LogP contribution in [0.4, 0.5) is 0 Å². The molecule has 1 aromatic rings. The van der Waals surface area contributed by atoms with Crippen LogP contribution in [-0.4, -0.2) is 13.4 Å². The molecule has 11 heavy (non-hydrogen) atoms. The van der Waals surface area contributed by atoms with Crippen LogP contribution in [0.2, 0.25) is 0 Å². The molecule has 0 atom stereocenters. The molecule has 1 nitrogen and oxygen atoms in total. The van der Waals surface area contributed by atoms with Gasteiger partial charge >= 0.3 is 0 Å². The van der Waals surface area contributed by atoms with Gasteiger partial charge in [0, 0.05) is 4.90 Å². The molecule has 0 spiro atoms. The van der Waals surface area contributed by atoms with Crippen molar-refractivity contribution in [2.24, 2.45) is 0 Å². The quantitative estimate of drug-likeness (QED) is 0.608. The van der Waals surface area contributed by atoms with Crippen molar-refractivity contribution in [3.05, 3.63) is 21.8 Å². The van der Waals surface area contributed by atoms with E-state index in [2.05, 4.69) is 41.0 Å². The van der Waals surface area contributed by atoms with Gasteiger partial charge in [0.05, 0.1) is 10.7 Å². The molecule has 1 rings (SSSR count). The number of methoxy groups -OCH3 is 1. The number of thioether (sulfide) groups is 1. The molecule has 1 aromatic carbocycles. The van der Waals surface area contributed by atoms with Gasteiger partial charge in [-0.15, -0.1) is 11.8 Å². The van der Waals surface area contributed by atoms with Crippen molar-refractivity contribution in [2.75, 3.05) is 13.4 Å². The lowest BCUT2D eigenvalue weighted by Gasteiger charge is -2.03. The van der Waals surface area contributed by atoms with Gasteiger partial charge in [0.15, 0.2) is 0 Å². The molecule has 0 saturated heterocycles. The predicted molar refractivity (Wildman–Crippen MR) is 57.5 cm³/mol. The molecular formula is C8H9IOS. The summed E-state index contributed by atoms with van der Waals surface area (Å²) in [5.41, 5.74) is 0. The molecule has 0 aliphatic heterocycles. The monoisotopic (exact) mass is 280 g/mol. The fourth-order valence-electron chi connectivity index (χ4n) is 0.774. The fourth-order valence-corrected chi connectivity index (χ4v) is 2.16. The molecule has 0 bridgehead atoms. The zero-order valence-electron chi connectivity index (χ0n) is 6.43. The Morgan fingerprint density at radius 2 is 2.18 bits per heavy atom. The van der Waals surface area contributed by atoms with E-state index in [9.17, 15) is 0 Å². The lowest BCUT2D eigenvalue weighted by molar-refractivity contribution is 0.411. The molecule has 0 N–H and O–H groups in total. The van der Waals surface area contributed by atoms with Gasteiger partial charge in [-0.2, -0.15) is 0 Å². The molecule has 0 heterocycles. The summed E-state index contributed by atoms with van der Waals surface area (Å²) in [4.78, 5) is 1.27. The van der Waals surface area contributed by atoms with Gasteiger partial charge in [-0.3, -0.25) is 0 Å². The third-order valence-electron chi connectivity index (χ3n) is 1.36. The third kappa shape index (κ3) is 2.27. The van der Waals surface area contributed by atoms with Crippen LogP contribution in [0.3, 0.4) is 0 Å². The summed E-state index contributed by atoms with van der Waals surface area (Å²) in [6, 6.07) is 6.17. The zero-order chi connectivity index (χ0) is 8.27. The summed E-state index contributed by atoms with van der Waals surface area (Å²) in [5.74, 6) is 0.948. The van der Waals surface area contributed by atoms with Crippen molar-refractivity contribution in [1.29, 1.82) is 0 Å². The summed E-state index contributed by atoms with van der Waals surface area (Å²) >= 11 is 4.01. The third-order valence-corrected chi connectivity index (χ3v) is 2.93. The van der Waals surface area contributed by atoms with Crippen LogP contribution in [0.1, 0.15) is 0 Å². The van der Waals surface area contributed by atoms with Crippen molar-refractivity contribution in [3.63, 3.8) is 0 Å². The topological polar surface area (TPSA) is 9.23 Å². The Hall–Kier alpha value is 0.1000. The first-order valence-electron chi connectivity index (χ1n) is 3.15. The molecule has 0 amide bonds. The number of hydrogen-bond donors (Lipinski definition) is 0. The van der Waals surface area contributed by atoms with Crippen LogP contribution in [0.25, 0.3) is 0 Å². The average Bonchev–Trinajstić information content (AvgIpc) is 2.04. The molecule has 0 unspecified atom stereocenters. The maximum Gasteiger partial charge on any atom is 0.132 e. The van der Waals surface area contributed by atoms with E-state index in [0.29, 0.717) is 0 Å². The lowest BCUT2D eigenvalue weighted by atomic mass is 10.3. The highest BCUT2D eigenvalue weighted by molar-refractivity contribution is 14.1. The van der Waals surface area contributed by atoms with Crippen molar-refractivity contribution < 1.29 is 4.74 Å². The first-order valence-corrected chi connectivity index (χ1v) is 5.46. The minimum absolute atomic E-state index is 0.948. The number of rotatable bonds is 2. The van der Waals surface area contributed by atoms with Gasteiger partial charge < -0.3 is 4.74 Å². The molecule has 0 aromatic heterocycles. The second kappa shape index (κ2) is 4.21. The Morgan fingerprint density at radius 3 is 2.64 bits per heavy atom. The molecule has 0 aliphatic carbocycles. The standard InChI is InChI=1S/C8H9IOS/c1-10-8-4-3-6(11-2)5-7(8)9/h3-5H,1-2H3. The predicted octanol–water partition coefficient (Wildman–Crippen LogP) is 3.02. The maximum absolute atomic E-state index is 5.13. The normalized spacial score (nSPS) is 9.73. The molecule has 0 aliphatic rings. The van der Waals surface area contributed by atoms with Crippen molar-refractivity contribution in [1.82, 2.24) is 0 Å². The highest BCUT2D eigenvalue weighted by Crippen LogP contribution is 2.25. The molecule has 0 fully saturated rings. The van der Waals surface area contributed by atoms with Gasteiger partial charge in [0.1, 0.15) is 5.75 Å². The molecule has 3 heteroatoms. The lowest BCUT2D eigenvalue weighted by Crippen LogP contribution is -1.85. The highest BCUT2D eigenvalue weighted by atomic mass is 127. The number of hydrogen-bond acceptors (Lipinski definition) is 2. The SMILES string of the molecule is COc1ccc(SC)cc1I. The van der Waals surface area contributed by atoms with Gasteiger partial charge in [0.25, 0.3) is 0 Å². The summed E-state index contributed by atoms with van der Waals surface area (Å²) in [6.45, 7) is 0. The van der Waals surface area contributed by atoms with Crippen LogP contribution >= 0.6 is 34.4 Å². The second-order valence-corrected chi connectivity index (χ2v) is 4.04. The number of benzene rings is 1. The minimum Gasteiger partial charge on any atom is -0.496 e. The van der Waals surface area contributed by atoms with Crippen LogP contribution in [0, 0.1) is 3.57 Å². The van der Waals surface area contributed by atoms with Crippen molar-refractivity contribution in [2.45, 2.75) is 4.90 Å². The first-order chi connectivity index (χ1) is 5.27. The van der Waals surface area contributed by atoms with Crippen LogP contribution in [0.15, 0.2) is 23.1 Å². The second-order valence-electron chi connectivity index (χ2n) is 2.00. The van der Waals surface area contributed by atoms with Gasteiger partial charge in [-0.05, 0) is 47.0 Å². The van der Waals surface area contributed by atoms with Crippen LogP contribution < -0.4 is 4.74 Å². The smallest absolute Gasteiger partial charge is 0.132 e. The molecule has 0 radical (unpaired) electrons. The number of halogens is 1. The van der Waals surface area contributed by atoms with Gasteiger partial charge in [0.2, 0.25) is 0 Å². The van der Waals surface area contributed by atoms with E-state index in [0.717, 1.165) is 9.32 Å². The van der Waals surface area contributed by atoms with Gasteiger partial charge in [-0.1, -0.05) is 0 Å². The first kappa shape index (κ1) is 9.19. The Balaban J connectivity index is 2.99. The number of ether oxygens (including phenoxy) is 1. The Labute approximate surface area is 84.7 Å². The van der Waals surface area contributed by atoms with Crippen LogP contribution in [0.5, 0.6) is 5.75 Å². The van der Waals surface area contributed by atoms with Crippen LogP contribution in [-0.2, 0) is 0 Å². The molecular weight excluding hydrogens is 271 g/mol. The largest absolute Gasteiger partial charge is 0.496 e. The molecule has 60 valence electrons. The van der Waals surface area contributed by atoms with E-state index in [4.69, 9.17) is 4.74 Å².